The monoisotopic (exact) mass is 226 g/mol. The van der Waals surface area contributed by atoms with E-state index in [2.05, 4.69) is 24.0 Å². The van der Waals surface area contributed by atoms with Gasteiger partial charge >= 0.3 is 0 Å². The molecule has 0 spiro atoms. The number of carbonyl (C=O) groups excluding carboxylic acids is 1. The molecule has 17 heavy (non-hydrogen) atoms. The van der Waals surface area contributed by atoms with Gasteiger partial charge in [0.25, 0.3) is 0 Å². The van der Waals surface area contributed by atoms with Crippen molar-refractivity contribution in [2.75, 3.05) is 18.0 Å². The minimum atomic E-state index is 0.550. The lowest BCUT2D eigenvalue weighted by Gasteiger charge is -2.28. The molecular weight excluding hydrogens is 212 g/mol. The first-order chi connectivity index (χ1) is 8.24. The molecule has 1 aliphatic heterocycles. The zero-order valence-electron chi connectivity index (χ0n) is 9.81. The highest BCUT2D eigenvalue weighted by Gasteiger charge is 2.13. The minimum Gasteiger partial charge on any atom is -0.366 e. The van der Waals surface area contributed by atoms with Crippen molar-refractivity contribution in [2.24, 2.45) is 0 Å². The largest absolute Gasteiger partial charge is 0.366 e. The summed E-state index contributed by atoms with van der Waals surface area (Å²) >= 11 is 0. The molecule has 1 aromatic carbocycles. The van der Waals surface area contributed by atoms with Gasteiger partial charge in [-0.2, -0.15) is 5.26 Å². The van der Waals surface area contributed by atoms with Crippen molar-refractivity contribution in [1.82, 2.24) is 0 Å². The van der Waals surface area contributed by atoms with Gasteiger partial charge in [0.15, 0.2) is 0 Å². The summed E-state index contributed by atoms with van der Waals surface area (Å²) in [5, 5.41) is 9.11. The van der Waals surface area contributed by atoms with Gasteiger partial charge in [-0.05, 0) is 31.5 Å². The van der Waals surface area contributed by atoms with E-state index >= 15 is 0 Å². The maximum absolute atomic E-state index is 10.7. The third-order valence-electron chi connectivity index (χ3n) is 3.05. The van der Waals surface area contributed by atoms with Crippen LogP contribution in [0.15, 0.2) is 29.8 Å². The first kappa shape index (κ1) is 11.4. The van der Waals surface area contributed by atoms with Crippen LogP contribution in [-0.2, 0) is 0 Å². The van der Waals surface area contributed by atoms with E-state index in [1.54, 1.807) is 12.1 Å². The quantitative estimate of drug-likeness (QED) is 0.575. The van der Waals surface area contributed by atoms with Crippen LogP contribution < -0.4 is 4.90 Å². The zero-order valence-corrected chi connectivity index (χ0v) is 9.81. The number of carbonyl (C=O) groups is 1. The fourth-order valence-electron chi connectivity index (χ4n) is 1.98. The van der Waals surface area contributed by atoms with Gasteiger partial charge in [0, 0.05) is 18.7 Å². The molecule has 0 amide bonds. The third kappa shape index (κ3) is 2.36. The second kappa shape index (κ2) is 4.84. The SMILES string of the molecule is CC1=CCN(c2ccc(C=O)cc2C#N)CC1. The van der Waals surface area contributed by atoms with Crippen molar-refractivity contribution in [2.45, 2.75) is 13.3 Å². The van der Waals surface area contributed by atoms with Crippen LogP contribution in [0.5, 0.6) is 0 Å². The van der Waals surface area contributed by atoms with Gasteiger partial charge in [-0.15, -0.1) is 0 Å². The van der Waals surface area contributed by atoms with E-state index < -0.39 is 0 Å². The highest BCUT2D eigenvalue weighted by Crippen LogP contribution is 2.24. The summed E-state index contributed by atoms with van der Waals surface area (Å²) in [6.45, 7) is 3.89. The minimum absolute atomic E-state index is 0.550. The Balaban J connectivity index is 2.33. The Kier molecular flexibility index (Phi) is 3.24. The Labute approximate surface area is 101 Å². The van der Waals surface area contributed by atoms with Crippen molar-refractivity contribution in [3.05, 3.63) is 41.0 Å². The number of nitriles is 1. The molecule has 3 nitrogen and oxygen atoms in total. The summed E-state index contributed by atoms with van der Waals surface area (Å²) in [4.78, 5) is 12.8. The van der Waals surface area contributed by atoms with Crippen molar-refractivity contribution in [3.63, 3.8) is 0 Å². The maximum Gasteiger partial charge on any atom is 0.150 e. The van der Waals surface area contributed by atoms with E-state index in [4.69, 9.17) is 5.26 Å². The molecule has 1 aromatic rings. The molecule has 0 radical (unpaired) electrons. The summed E-state index contributed by atoms with van der Waals surface area (Å²) < 4.78 is 0. The lowest BCUT2D eigenvalue weighted by molar-refractivity contribution is 0.112. The molecule has 0 bridgehead atoms. The second-order valence-corrected chi connectivity index (χ2v) is 4.25. The first-order valence-electron chi connectivity index (χ1n) is 5.64. The fourth-order valence-corrected chi connectivity index (χ4v) is 1.98. The van der Waals surface area contributed by atoms with Crippen molar-refractivity contribution in [3.8, 4) is 6.07 Å². The summed E-state index contributed by atoms with van der Waals surface area (Å²) in [5.41, 5.74) is 3.43. The van der Waals surface area contributed by atoms with Gasteiger partial charge in [-0.1, -0.05) is 11.6 Å². The maximum atomic E-state index is 10.7. The van der Waals surface area contributed by atoms with Crippen LogP contribution in [0.3, 0.4) is 0 Å². The van der Waals surface area contributed by atoms with Gasteiger partial charge in [0.05, 0.1) is 11.3 Å². The van der Waals surface area contributed by atoms with Crippen molar-refractivity contribution in [1.29, 1.82) is 5.26 Å². The third-order valence-corrected chi connectivity index (χ3v) is 3.05. The normalized spacial score (nSPS) is 15.1. The number of benzene rings is 1. The molecule has 0 saturated carbocycles. The van der Waals surface area contributed by atoms with Gasteiger partial charge in [0.2, 0.25) is 0 Å². The van der Waals surface area contributed by atoms with Crippen LogP contribution >= 0.6 is 0 Å². The van der Waals surface area contributed by atoms with Gasteiger partial charge in [-0.25, -0.2) is 0 Å². The van der Waals surface area contributed by atoms with E-state index in [-0.39, 0.29) is 0 Å². The summed E-state index contributed by atoms with van der Waals surface area (Å²) in [6, 6.07) is 7.42. The second-order valence-electron chi connectivity index (χ2n) is 4.25. The summed E-state index contributed by atoms with van der Waals surface area (Å²) in [7, 11) is 0. The van der Waals surface area contributed by atoms with E-state index in [1.165, 1.54) is 5.57 Å². The number of hydrogen-bond acceptors (Lipinski definition) is 3. The molecule has 0 fully saturated rings. The number of anilines is 1. The van der Waals surface area contributed by atoms with E-state index in [1.807, 2.05) is 6.07 Å². The molecule has 1 heterocycles. The number of rotatable bonds is 2. The Morgan fingerprint density at radius 2 is 2.29 bits per heavy atom. The van der Waals surface area contributed by atoms with E-state index in [0.717, 1.165) is 31.5 Å². The molecule has 0 saturated heterocycles. The average Bonchev–Trinajstić information content (AvgIpc) is 2.39. The van der Waals surface area contributed by atoms with Crippen LogP contribution in [0.1, 0.15) is 29.3 Å². The standard InChI is InChI=1S/C14H14N2O/c1-11-4-6-16(7-5-11)14-3-2-12(10-17)8-13(14)9-15/h2-4,8,10H,5-7H2,1H3. The van der Waals surface area contributed by atoms with Gasteiger partial charge in [0.1, 0.15) is 12.4 Å². The topological polar surface area (TPSA) is 44.1 Å². The molecule has 1 aliphatic rings. The molecular formula is C14H14N2O. The molecule has 3 heteroatoms. The lowest BCUT2D eigenvalue weighted by Crippen LogP contribution is -2.28. The van der Waals surface area contributed by atoms with E-state index in [0.29, 0.717) is 11.1 Å². The Morgan fingerprint density at radius 1 is 1.47 bits per heavy atom. The number of nitrogens with zero attached hydrogens (tertiary/aromatic N) is 2. The van der Waals surface area contributed by atoms with Crippen molar-refractivity contribution >= 4 is 12.0 Å². The first-order valence-corrected chi connectivity index (χ1v) is 5.64. The van der Waals surface area contributed by atoms with E-state index in [9.17, 15) is 4.79 Å². The zero-order chi connectivity index (χ0) is 12.3. The predicted octanol–water partition coefficient (Wildman–Crippen LogP) is 2.53. The van der Waals surface area contributed by atoms with Crippen LogP contribution in [0, 0.1) is 11.3 Å². The molecule has 0 aliphatic carbocycles. The molecule has 0 N–H and O–H groups in total. The number of hydrogen-bond donors (Lipinski definition) is 0. The van der Waals surface area contributed by atoms with Gasteiger partial charge < -0.3 is 4.90 Å². The summed E-state index contributed by atoms with van der Waals surface area (Å²) in [5.74, 6) is 0. The predicted molar refractivity (Wildman–Crippen MR) is 67.1 cm³/mol. The molecule has 86 valence electrons. The average molecular weight is 226 g/mol. The molecule has 0 atom stereocenters. The van der Waals surface area contributed by atoms with Crippen LogP contribution in [0.25, 0.3) is 0 Å². The Hall–Kier alpha value is -2.08. The van der Waals surface area contributed by atoms with Gasteiger partial charge in [-0.3, -0.25) is 4.79 Å². The number of aldehydes is 1. The summed E-state index contributed by atoms with van der Waals surface area (Å²) in [6.07, 6.45) is 3.98. The van der Waals surface area contributed by atoms with Crippen LogP contribution in [0.2, 0.25) is 0 Å². The highest BCUT2D eigenvalue weighted by molar-refractivity contribution is 5.78. The molecule has 0 aromatic heterocycles. The highest BCUT2D eigenvalue weighted by atomic mass is 16.1. The van der Waals surface area contributed by atoms with Crippen molar-refractivity contribution < 1.29 is 4.79 Å². The fraction of sp³-hybridized carbons (Fsp3) is 0.286. The van der Waals surface area contributed by atoms with Crippen LogP contribution in [0.4, 0.5) is 5.69 Å². The van der Waals surface area contributed by atoms with Crippen LogP contribution in [-0.4, -0.2) is 19.4 Å². The smallest absolute Gasteiger partial charge is 0.150 e. The lowest BCUT2D eigenvalue weighted by atomic mass is 10.1. The Bertz CT molecular complexity index is 511. The molecule has 2 rings (SSSR count). The molecule has 0 unspecified atom stereocenters. The Morgan fingerprint density at radius 3 is 2.88 bits per heavy atom.